The fourth-order valence-corrected chi connectivity index (χ4v) is 7.57. The lowest BCUT2D eigenvalue weighted by Gasteiger charge is -2.41. The van der Waals surface area contributed by atoms with Gasteiger partial charge in [0.25, 0.3) is 14.2 Å². The van der Waals surface area contributed by atoms with Crippen molar-refractivity contribution in [3.05, 3.63) is 135 Å². The number of hydrogen-bond donors (Lipinski definition) is 0. The Bertz CT molecular complexity index is 1640. The van der Waals surface area contributed by atoms with Gasteiger partial charge in [-0.25, -0.2) is 4.67 Å². The molecule has 4 aromatic carbocycles. The topological polar surface area (TPSA) is 116 Å². The molecule has 258 valence electrons. The number of ether oxygens (including phenoxy) is 3. The van der Waals surface area contributed by atoms with Crippen LogP contribution in [0, 0.1) is 21.4 Å². The maximum Gasteiger partial charge on any atom is 0.275 e. The summed E-state index contributed by atoms with van der Waals surface area (Å²) in [5.41, 5.74) is 0.859. The number of nitro groups is 1. The Labute approximate surface area is 290 Å². The number of hydrogen-bond acceptors (Lipinski definition) is 9. The maximum atomic E-state index is 12.5. The molecule has 0 heterocycles. The van der Waals surface area contributed by atoms with Crippen molar-refractivity contribution in [3.8, 4) is 17.6 Å². The van der Waals surface area contributed by atoms with Crippen molar-refractivity contribution in [2.24, 2.45) is 0 Å². The van der Waals surface area contributed by atoms with Crippen molar-refractivity contribution in [1.82, 2.24) is 4.67 Å². The standard InChI is InChI=1S/C38H44N3O7P/c1-28(2)40(29(3)4)49(46-26-16-25-39)47-27-37(31-19-10-13-22-34(31)41(42)43)48-38(30-17-8-7-9-18-30,32-20-11-14-23-35(32)44-5)33-21-12-15-24-36(33)45-6/h7-15,17-24,28-29,37H,16,26-27H2,1-6H3. The summed E-state index contributed by atoms with van der Waals surface area (Å²) >= 11 is 0. The van der Waals surface area contributed by atoms with Crippen LogP contribution in [-0.4, -0.2) is 49.1 Å². The first-order valence-corrected chi connectivity index (χ1v) is 17.3. The Morgan fingerprint density at radius 3 is 1.86 bits per heavy atom. The fourth-order valence-electron chi connectivity index (χ4n) is 5.97. The van der Waals surface area contributed by atoms with Crippen LogP contribution < -0.4 is 9.47 Å². The number of para-hydroxylation sites is 3. The van der Waals surface area contributed by atoms with Gasteiger partial charge in [0.1, 0.15) is 17.6 Å². The number of nitro benzene ring substituents is 1. The van der Waals surface area contributed by atoms with E-state index in [-0.39, 0.29) is 37.4 Å². The summed E-state index contributed by atoms with van der Waals surface area (Å²) in [6, 6.07) is 33.5. The van der Waals surface area contributed by atoms with E-state index in [0.29, 0.717) is 28.2 Å². The molecule has 11 heteroatoms. The highest BCUT2D eigenvalue weighted by atomic mass is 31.2. The van der Waals surface area contributed by atoms with Gasteiger partial charge in [-0.3, -0.25) is 10.1 Å². The summed E-state index contributed by atoms with van der Waals surface area (Å²) in [5, 5.41) is 21.8. The average molecular weight is 686 g/mol. The van der Waals surface area contributed by atoms with Gasteiger partial charge in [-0.15, -0.1) is 0 Å². The van der Waals surface area contributed by atoms with E-state index >= 15 is 0 Å². The van der Waals surface area contributed by atoms with E-state index in [0.717, 1.165) is 5.56 Å². The van der Waals surface area contributed by atoms with Crippen molar-refractivity contribution < 1.29 is 28.2 Å². The Morgan fingerprint density at radius 2 is 1.33 bits per heavy atom. The highest BCUT2D eigenvalue weighted by Crippen LogP contribution is 2.52. The first-order chi connectivity index (χ1) is 23.7. The van der Waals surface area contributed by atoms with Crippen molar-refractivity contribution in [3.63, 3.8) is 0 Å². The Balaban J connectivity index is 2.01. The van der Waals surface area contributed by atoms with Crippen molar-refractivity contribution >= 4 is 14.2 Å². The molecule has 0 aliphatic heterocycles. The Morgan fingerprint density at radius 1 is 0.796 bits per heavy atom. The zero-order valence-corrected chi connectivity index (χ0v) is 29.7. The van der Waals surface area contributed by atoms with Gasteiger partial charge in [-0.1, -0.05) is 78.9 Å². The lowest BCUT2D eigenvalue weighted by atomic mass is 9.78. The lowest BCUT2D eigenvalue weighted by Crippen LogP contribution is -2.37. The first-order valence-electron chi connectivity index (χ1n) is 16.1. The van der Waals surface area contributed by atoms with Crippen LogP contribution in [0.4, 0.5) is 5.69 Å². The van der Waals surface area contributed by atoms with E-state index < -0.39 is 25.2 Å². The van der Waals surface area contributed by atoms with Crippen LogP contribution in [0.1, 0.15) is 62.5 Å². The summed E-state index contributed by atoms with van der Waals surface area (Å²) in [7, 11) is 1.49. The third-order valence-corrected chi connectivity index (χ3v) is 10.0. The molecule has 0 radical (unpaired) electrons. The van der Waals surface area contributed by atoms with Crippen molar-refractivity contribution in [2.75, 3.05) is 27.4 Å². The molecule has 0 bridgehead atoms. The molecule has 4 rings (SSSR count). The minimum absolute atomic E-state index is 0.0456. The molecule has 2 atom stereocenters. The van der Waals surface area contributed by atoms with Gasteiger partial charge in [0.2, 0.25) is 0 Å². The van der Waals surface area contributed by atoms with Crippen LogP contribution in [0.5, 0.6) is 11.5 Å². The second kappa shape index (κ2) is 17.9. The van der Waals surface area contributed by atoms with Gasteiger partial charge in [0, 0.05) is 29.3 Å². The number of rotatable bonds is 18. The van der Waals surface area contributed by atoms with Crippen molar-refractivity contribution in [1.29, 1.82) is 5.26 Å². The summed E-state index contributed by atoms with van der Waals surface area (Å²) in [5.74, 6) is 1.10. The minimum Gasteiger partial charge on any atom is -0.496 e. The van der Waals surface area contributed by atoms with E-state index in [2.05, 4.69) is 10.7 Å². The van der Waals surface area contributed by atoms with Gasteiger partial charge in [0.05, 0.1) is 50.4 Å². The quantitative estimate of drug-likeness (QED) is 0.0333. The Kier molecular flexibility index (Phi) is 13.7. The molecule has 2 unspecified atom stereocenters. The minimum atomic E-state index is -1.70. The summed E-state index contributed by atoms with van der Waals surface area (Å²) in [4.78, 5) is 12.1. The van der Waals surface area contributed by atoms with Gasteiger partial charge in [0.15, 0.2) is 5.60 Å². The molecule has 10 nitrogen and oxygen atoms in total. The molecule has 0 fully saturated rings. The van der Waals surface area contributed by atoms with E-state index in [4.69, 9.17) is 23.3 Å². The second-order valence-electron chi connectivity index (χ2n) is 11.7. The van der Waals surface area contributed by atoms with Crippen LogP contribution in [0.25, 0.3) is 0 Å². The molecule has 0 amide bonds. The van der Waals surface area contributed by atoms with Crippen LogP contribution in [0.15, 0.2) is 103 Å². The van der Waals surface area contributed by atoms with Crippen LogP contribution in [-0.2, 0) is 19.4 Å². The normalized spacial score (nSPS) is 12.9. The van der Waals surface area contributed by atoms with Gasteiger partial charge < -0.3 is 23.3 Å². The van der Waals surface area contributed by atoms with E-state index in [1.807, 2.05) is 107 Å². The molecule has 0 N–H and O–H groups in total. The molecule has 4 aromatic rings. The highest BCUT2D eigenvalue weighted by molar-refractivity contribution is 7.44. The van der Waals surface area contributed by atoms with Crippen LogP contribution in [0.2, 0.25) is 0 Å². The average Bonchev–Trinajstić information content (AvgIpc) is 3.12. The second-order valence-corrected chi connectivity index (χ2v) is 13.2. The molecule has 0 aromatic heterocycles. The first kappa shape index (κ1) is 37.5. The highest BCUT2D eigenvalue weighted by Gasteiger charge is 2.45. The van der Waals surface area contributed by atoms with Gasteiger partial charge in [-0.05, 0) is 51.5 Å². The molecule has 0 saturated carbocycles. The number of benzene rings is 4. The van der Waals surface area contributed by atoms with Crippen molar-refractivity contribution in [2.45, 2.75) is 57.9 Å². The molecule has 0 saturated heterocycles. The van der Waals surface area contributed by atoms with Gasteiger partial charge >= 0.3 is 0 Å². The largest absolute Gasteiger partial charge is 0.496 e. The zero-order chi connectivity index (χ0) is 35.4. The lowest BCUT2D eigenvalue weighted by molar-refractivity contribution is -0.386. The third kappa shape index (κ3) is 8.63. The number of nitriles is 1. The van der Waals surface area contributed by atoms with Gasteiger partial charge in [-0.2, -0.15) is 5.26 Å². The number of methoxy groups -OCH3 is 2. The predicted molar refractivity (Wildman–Crippen MR) is 190 cm³/mol. The monoisotopic (exact) mass is 685 g/mol. The summed E-state index contributed by atoms with van der Waals surface area (Å²) < 4.78 is 34.3. The Hall–Kier alpha value is -4.36. The fraction of sp³-hybridized carbons (Fsp3) is 0.342. The molecular formula is C38H44N3O7P. The predicted octanol–water partition coefficient (Wildman–Crippen LogP) is 8.95. The van der Waals surface area contributed by atoms with E-state index in [1.54, 1.807) is 32.4 Å². The van der Waals surface area contributed by atoms with Crippen LogP contribution in [0.3, 0.4) is 0 Å². The number of nitrogens with zero attached hydrogens (tertiary/aromatic N) is 3. The zero-order valence-electron chi connectivity index (χ0n) is 28.8. The smallest absolute Gasteiger partial charge is 0.275 e. The molecule has 0 aliphatic carbocycles. The summed E-state index contributed by atoms with van der Waals surface area (Å²) in [6.45, 7) is 8.25. The third-order valence-electron chi connectivity index (χ3n) is 7.95. The van der Waals surface area contributed by atoms with Crippen LogP contribution >= 0.6 is 8.53 Å². The molecule has 49 heavy (non-hydrogen) atoms. The molecular weight excluding hydrogens is 641 g/mol. The summed E-state index contributed by atoms with van der Waals surface area (Å²) in [6.07, 6.45) is -0.822. The van der Waals surface area contributed by atoms with E-state index in [1.165, 1.54) is 6.07 Å². The molecule has 0 spiro atoms. The maximum absolute atomic E-state index is 12.5. The SMILES string of the molecule is COc1ccccc1C(OC(COP(OCCC#N)N(C(C)C)C(C)C)c1ccccc1[N+](=O)[O-])(c1ccccc1)c1ccccc1OC. The molecule has 0 aliphatic rings. The van der Waals surface area contributed by atoms with E-state index in [9.17, 15) is 15.4 Å².